The Morgan fingerprint density at radius 1 is 0.833 bits per heavy atom. The average molecular weight is 169 g/mol. The van der Waals surface area contributed by atoms with E-state index in [1.165, 1.54) is 0 Å². The first-order valence-corrected chi connectivity index (χ1v) is 4.97. The van der Waals surface area contributed by atoms with E-state index in [0.29, 0.717) is 22.7 Å². The number of rotatable bonds is 3. The van der Waals surface area contributed by atoms with Gasteiger partial charge in [-0.2, -0.15) is 0 Å². The maximum absolute atomic E-state index is 4.16. The quantitative estimate of drug-likeness (QED) is 0.595. The summed E-state index contributed by atoms with van der Waals surface area (Å²) >= 11 is 0. The van der Waals surface area contributed by atoms with Gasteiger partial charge in [0.15, 0.2) is 0 Å². The minimum absolute atomic E-state index is 0.307. The molecule has 0 rings (SSSR count). The Kier molecular flexibility index (Phi) is 3.40. The maximum Gasteiger partial charge on any atom is -0.0275 e. The molecule has 0 heteroatoms. The molecule has 1 unspecified atom stereocenters. The van der Waals surface area contributed by atoms with Crippen LogP contribution >= 0.6 is 0 Å². The first-order chi connectivity index (χ1) is 5.14. The second-order valence-corrected chi connectivity index (χ2v) is 5.50. The van der Waals surface area contributed by atoms with Crippen molar-refractivity contribution in [1.82, 2.24) is 0 Å². The lowest BCUT2D eigenvalue weighted by atomic mass is 9.57. The monoisotopic (exact) mass is 169 g/mol. The summed E-state index contributed by atoms with van der Waals surface area (Å²) in [5, 5.41) is 0. The molecule has 0 bridgehead atoms. The van der Waals surface area contributed by atoms with Crippen molar-refractivity contribution in [2.24, 2.45) is 22.7 Å². The molecule has 0 saturated heterocycles. The Hall–Kier alpha value is 0. The second-order valence-electron chi connectivity index (χ2n) is 5.50. The van der Waals surface area contributed by atoms with Crippen LogP contribution in [0, 0.1) is 29.6 Å². The van der Waals surface area contributed by atoms with Crippen LogP contribution in [0.4, 0.5) is 0 Å². The minimum atomic E-state index is 0.307. The summed E-state index contributed by atoms with van der Waals surface area (Å²) in [6.45, 7) is 20.3. The van der Waals surface area contributed by atoms with Crippen LogP contribution in [0.1, 0.15) is 48.5 Å². The highest BCUT2D eigenvalue weighted by atomic mass is 14.5. The fourth-order valence-corrected chi connectivity index (χ4v) is 1.38. The molecule has 1 atom stereocenters. The van der Waals surface area contributed by atoms with Crippen LogP contribution in [0.3, 0.4) is 0 Å². The summed E-state index contributed by atoms with van der Waals surface area (Å²) in [6, 6.07) is 0. The van der Waals surface area contributed by atoms with Gasteiger partial charge < -0.3 is 0 Å². The van der Waals surface area contributed by atoms with Gasteiger partial charge in [0.25, 0.3) is 0 Å². The van der Waals surface area contributed by atoms with Crippen LogP contribution in [0.15, 0.2) is 0 Å². The van der Waals surface area contributed by atoms with Crippen molar-refractivity contribution >= 4 is 0 Å². The van der Waals surface area contributed by atoms with Crippen molar-refractivity contribution in [2.75, 3.05) is 0 Å². The van der Waals surface area contributed by atoms with Gasteiger partial charge in [-0.1, -0.05) is 48.5 Å². The van der Waals surface area contributed by atoms with E-state index in [-0.39, 0.29) is 0 Å². The third kappa shape index (κ3) is 1.84. The van der Waals surface area contributed by atoms with E-state index in [1.807, 2.05) is 0 Å². The van der Waals surface area contributed by atoms with Crippen LogP contribution in [-0.2, 0) is 0 Å². The average Bonchev–Trinajstić information content (AvgIpc) is 1.86. The molecular weight excluding hydrogens is 144 g/mol. The first kappa shape index (κ1) is 12.0. The zero-order valence-electron chi connectivity index (χ0n) is 9.86. The second kappa shape index (κ2) is 3.40. The largest absolute Gasteiger partial charge is 0.0622 e. The van der Waals surface area contributed by atoms with Gasteiger partial charge in [0.05, 0.1) is 0 Å². The summed E-state index contributed by atoms with van der Waals surface area (Å²) in [6.07, 6.45) is 0. The van der Waals surface area contributed by atoms with Gasteiger partial charge in [0, 0.05) is 0 Å². The summed E-state index contributed by atoms with van der Waals surface area (Å²) in [5.41, 5.74) is 0.662. The SMILES string of the molecule is [CH2]C(C)C(C)(C)C(C)(C)C(C)C. The van der Waals surface area contributed by atoms with E-state index in [2.05, 4.69) is 55.4 Å². The molecule has 0 amide bonds. The standard InChI is InChI=1S/C12H25/c1-9(2)11(5,6)12(7,8)10(3)4/h9-10H,1H2,2-8H3. The molecule has 0 aromatic carbocycles. The van der Waals surface area contributed by atoms with Gasteiger partial charge in [-0.15, -0.1) is 0 Å². The van der Waals surface area contributed by atoms with E-state index in [4.69, 9.17) is 0 Å². The molecule has 0 spiro atoms. The Morgan fingerprint density at radius 3 is 1.25 bits per heavy atom. The van der Waals surface area contributed by atoms with Crippen molar-refractivity contribution < 1.29 is 0 Å². The van der Waals surface area contributed by atoms with Crippen LogP contribution < -0.4 is 0 Å². The normalized spacial score (nSPS) is 14.5. The molecule has 73 valence electrons. The number of hydrogen-bond donors (Lipinski definition) is 0. The zero-order chi connectivity index (χ0) is 10.2. The van der Waals surface area contributed by atoms with Gasteiger partial charge in [-0.25, -0.2) is 0 Å². The fourth-order valence-electron chi connectivity index (χ4n) is 1.38. The van der Waals surface area contributed by atoms with Crippen molar-refractivity contribution in [3.8, 4) is 0 Å². The molecule has 0 nitrogen and oxygen atoms in total. The van der Waals surface area contributed by atoms with Gasteiger partial charge in [0.2, 0.25) is 0 Å². The van der Waals surface area contributed by atoms with Gasteiger partial charge in [0.1, 0.15) is 0 Å². The first-order valence-electron chi connectivity index (χ1n) is 4.97. The third-order valence-corrected chi connectivity index (χ3v) is 4.34. The lowest BCUT2D eigenvalue weighted by Gasteiger charge is -2.48. The minimum Gasteiger partial charge on any atom is -0.0622 e. The molecule has 0 aliphatic carbocycles. The predicted octanol–water partition coefficient (Wildman–Crippen LogP) is 4.16. The van der Waals surface area contributed by atoms with Gasteiger partial charge >= 0.3 is 0 Å². The molecule has 0 aromatic rings. The summed E-state index contributed by atoms with van der Waals surface area (Å²) in [5.74, 6) is 1.20. The smallest absolute Gasteiger partial charge is 0.0275 e. The molecule has 0 aliphatic heterocycles. The highest BCUT2D eigenvalue weighted by Gasteiger charge is 2.41. The fraction of sp³-hybridized carbons (Fsp3) is 0.917. The van der Waals surface area contributed by atoms with Crippen molar-refractivity contribution in [1.29, 1.82) is 0 Å². The summed E-state index contributed by atoms with van der Waals surface area (Å²) in [4.78, 5) is 0. The summed E-state index contributed by atoms with van der Waals surface area (Å²) < 4.78 is 0. The molecule has 0 aliphatic rings. The zero-order valence-corrected chi connectivity index (χ0v) is 9.86. The van der Waals surface area contributed by atoms with Crippen LogP contribution in [0.2, 0.25) is 0 Å². The van der Waals surface area contributed by atoms with Crippen LogP contribution in [0.25, 0.3) is 0 Å². The Labute approximate surface area is 78.8 Å². The Balaban J connectivity index is 4.75. The van der Waals surface area contributed by atoms with Crippen LogP contribution in [-0.4, -0.2) is 0 Å². The molecule has 0 heterocycles. The van der Waals surface area contributed by atoms with Gasteiger partial charge in [-0.05, 0) is 29.6 Å². The Bertz CT molecular complexity index is 120. The van der Waals surface area contributed by atoms with Crippen LogP contribution in [0.5, 0.6) is 0 Å². The van der Waals surface area contributed by atoms with E-state index in [0.717, 1.165) is 0 Å². The molecular formula is C12H25. The van der Waals surface area contributed by atoms with E-state index >= 15 is 0 Å². The van der Waals surface area contributed by atoms with Gasteiger partial charge in [-0.3, -0.25) is 0 Å². The highest BCUT2D eigenvalue weighted by Crippen LogP contribution is 2.48. The molecule has 0 aromatic heterocycles. The molecule has 0 saturated carbocycles. The molecule has 0 fully saturated rings. The van der Waals surface area contributed by atoms with Crippen molar-refractivity contribution in [3.05, 3.63) is 6.92 Å². The summed E-state index contributed by atoms with van der Waals surface area (Å²) in [7, 11) is 0. The van der Waals surface area contributed by atoms with E-state index in [1.54, 1.807) is 0 Å². The lowest BCUT2D eigenvalue weighted by Crippen LogP contribution is -2.40. The predicted molar refractivity (Wildman–Crippen MR) is 56.9 cm³/mol. The maximum atomic E-state index is 4.16. The number of hydrogen-bond acceptors (Lipinski definition) is 0. The lowest BCUT2D eigenvalue weighted by molar-refractivity contribution is 0.0227. The van der Waals surface area contributed by atoms with E-state index < -0.39 is 0 Å². The third-order valence-electron chi connectivity index (χ3n) is 4.34. The van der Waals surface area contributed by atoms with E-state index in [9.17, 15) is 0 Å². The molecule has 1 radical (unpaired) electrons. The molecule has 12 heavy (non-hydrogen) atoms. The molecule has 0 N–H and O–H groups in total. The highest BCUT2D eigenvalue weighted by molar-refractivity contribution is 4.92. The topological polar surface area (TPSA) is 0 Å². The van der Waals surface area contributed by atoms with Crippen molar-refractivity contribution in [3.63, 3.8) is 0 Å². The Morgan fingerprint density at radius 2 is 1.17 bits per heavy atom. The van der Waals surface area contributed by atoms with Crippen molar-refractivity contribution in [2.45, 2.75) is 48.5 Å².